The van der Waals surface area contributed by atoms with Crippen LogP contribution in [0.25, 0.3) is 0 Å². The van der Waals surface area contributed by atoms with Gasteiger partial charge in [-0.1, -0.05) is 12.1 Å². The minimum absolute atomic E-state index is 0.115. The molecule has 2 rings (SSSR count). The smallest absolute Gasteiger partial charge is 0.131 e. The summed E-state index contributed by atoms with van der Waals surface area (Å²) in [5.74, 6) is -0.115. The second kappa shape index (κ2) is 5.75. The maximum atomic E-state index is 13.6. The number of hydrogen-bond acceptors (Lipinski definition) is 4. The number of aromatic nitrogens is 2. The number of hydrogen-bond donors (Lipinski definition) is 1. The average Bonchev–Trinajstić information content (AvgIpc) is 2.78. The van der Waals surface area contributed by atoms with Gasteiger partial charge in [-0.15, -0.1) is 21.5 Å². The molecule has 0 amide bonds. The van der Waals surface area contributed by atoms with Crippen molar-refractivity contribution in [2.75, 3.05) is 0 Å². The van der Waals surface area contributed by atoms with Crippen LogP contribution in [-0.2, 0) is 6.54 Å². The van der Waals surface area contributed by atoms with Crippen LogP contribution in [0.4, 0.5) is 4.39 Å². The molecular formula is C14H18FN3S. The first-order valence-corrected chi connectivity index (χ1v) is 7.08. The molecule has 0 saturated heterocycles. The molecule has 1 aromatic heterocycles. The molecule has 1 atom stereocenters. The first kappa shape index (κ1) is 14.1. The Hall–Kier alpha value is -1.33. The van der Waals surface area contributed by atoms with Gasteiger partial charge in [0.25, 0.3) is 0 Å². The van der Waals surface area contributed by atoms with Gasteiger partial charge in [0.15, 0.2) is 0 Å². The molecule has 19 heavy (non-hydrogen) atoms. The van der Waals surface area contributed by atoms with Crippen molar-refractivity contribution in [2.24, 2.45) is 0 Å². The number of aryl methyl sites for hydroxylation is 3. The third-order valence-electron chi connectivity index (χ3n) is 3.09. The topological polar surface area (TPSA) is 37.8 Å². The third-order valence-corrected chi connectivity index (χ3v) is 3.92. The first-order chi connectivity index (χ1) is 8.97. The molecule has 0 bridgehead atoms. The van der Waals surface area contributed by atoms with Gasteiger partial charge in [-0.05, 0) is 44.4 Å². The molecule has 1 N–H and O–H groups in total. The van der Waals surface area contributed by atoms with Gasteiger partial charge >= 0.3 is 0 Å². The van der Waals surface area contributed by atoms with Gasteiger partial charge in [0.05, 0.1) is 6.54 Å². The molecule has 5 heteroatoms. The summed E-state index contributed by atoms with van der Waals surface area (Å²) in [4.78, 5) is 0. The summed E-state index contributed by atoms with van der Waals surface area (Å²) in [7, 11) is 0. The Kier molecular flexibility index (Phi) is 4.27. The fourth-order valence-electron chi connectivity index (χ4n) is 2.00. The largest absolute Gasteiger partial charge is 0.304 e. The van der Waals surface area contributed by atoms with Crippen molar-refractivity contribution in [3.63, 3.8) is 0 Å². The standard InChI is InChI=1S/C14H18FN3S/c1-8-5-12(6-9(2)14(8)15)10(3)16-7-13-18-17-11(4)19-13/h5-6,10,16H,7H2,1-4H3/t10-/m1/s1. The highest BCUT2D eigenvalue weighted by Gasteiger charge is 2.10. The summed E-state index contributed by atoms with van der Waals surface area (Å²) in [6.45, 7) is 8.29. The van der Waals surface area contributed by atoms with E-state index in [4.69, 9.17) is 0 Å². The maximum absolute atomic E-state index is 13.6. The fourth-order valence-corrected chi connectivity index (χ4v) is 2.66. The molecule has 3 nitrogen and oxygen atoms in total. The second-order valence-corrected chi connectivity index (χ2v) is 6.05. The second-order valence-electron chi connectivity index (χ2n) is 4.79. The molecule has 0 aliphatic carbocycles. The number of benzene rings is 1. The zero-order valence-corrected chi connectivity index (χ0v) is 12.4. The van der Waals surface area contributed by atoms with Crippen molar-refractivity contribution in [3.8, 4) is 0 Å². The van der Waals surface area contributed by atoms with Crippen LogP contribution in [0.5, 0.6) is 0 Å². The molecule has 102 valence electrons. The minimum atomic E-state index is -0.115. The quantitative estimate of drug-likeness (QED) is 0.931. The molecule has 0 fully saturated rings. The third kappa shape index (κ3) is 3.36. The molecule has 2 aromatic rings. The van der Waals surface area contributed by atoms with Crippen LogP contribution in [-0.4, -0.2) is 10.2 Å². The lowest BCUT2D eigenvalue weighted by Crippen LogP contribution is -2.18. The molecule has 0 saturated carbocycles. The Labute approximate surface area is 116 Å². The molecule has 0 aliphatic heterocycles. The van der Waals surface area contributed by atoms with E-state index in [9.17, 15) is 4.39 Å². The summed E-state index contributed by atoms with van der Waals surface area (Å²) in [5.41, 5.74) is 2.48. The van der Waals surface area contributed by atoms with E-state index >= 15 is 0 Å². The molecular weight excluding hydrogens is 261 g/mol. The lowest BCUT2D eigenvalue weighted by molar-refractivity contribution is 0.564. The number of rotatable bonds is 4. The van der Waals surface area contributed by atoms with Crippen LogP contribution < -0.4 is 5.32 Å². The molecule has 1 heterocycles. The van der Waals surface area contributed by atoms with Crippen molar-refractivity contribution < 1.29 is 4.39 Å². The summed E-state index contributed by atoms with van der Waals surface area (Å²) in [6, 6.07) is 3.94. The molecule has 0 aliphatic rings. The van der Waals surface area contributed by atoms with E-state index < -0.39 is 0 Å². The highest BCUT2D eigenvalue weighted by atomic mass is 32.1. The Morgan fingerprint density at radius 3 is 2.37 bits per heavy atom. The molecule has 0 radical (unpaired) electrons. The van der Waals surface area contributed by atoms with Crippen molar-refractivity contribution in [1.82, 2.24) is 15.5 Å². The van der Waals surface area contributed by atoms with Crippen LogP contribution >= 0.6 is 11.3 Å². The van der Waals surface area contributed by atoms with E-state index in [0.29, 0.717) is 17.7 Å². The van der Waals surface area contributed by atoms with Crippen molar-refractivity contribution in [3.05, 3.63) is 44.7 Å². The van der Waals surface area contributed by atoms with Crippen LogP contribution in [0.3, 0.4) is 0 Å². The zero-order valence-electron chi connectivity index (χ0n) is 11.6. The predicted molar refractivity (Wildman–Crippen MR) is 75.8 cm³/mol. The van der Waals surface area contributed by atoms with Crippen LogP contribution in [0, 0.1) is 26.6 Å². The summed E-state index contributed by atoms with van der Waals surface area (Å²) in [6.07, 6.45) is 0. The van der Waals surface area contributed by atoms with E-state index in [-0.39, 0.29) is 11.9 Å². The van der Waals surface area contributed by atoms with Crippen molar-refractivity contribution in [2.45, 2.75) is 40.3 Å². The lowest BCUT2D eigenvalue weighted by atomic mass is 10.0. The Bertz CT molecular complexity index is 557. The van der Waals surface area contributed by atoms with Gasteiger partial charge in [-0.3, -0.25) is 0 Å². The Morgan fingerprint density at radius 2 is 1.84 bits per heavy atom. The molecule has 1 aromatic carbocycles. The lowest BCUT2D eigenvalue weighted by Gasteiger charge is -2.15. The highest BCUT2D eigenvalue weighted by Crippen LogP contribution is 2.20. The predicted octanol–water partition coefficient (Wildman–Crippen LogP) is 3.45. The van der Waals surface area contributed by atoms with E-state index in [2.05, 4.69) is 22.4 Å². The number of nitrogens with one attached hydrogen (secondary N) is 1. The van der Waals surface area contributed by atoms with E-state index in [1.54, 1.807) is 25.2 Å². The minimum Gasteiger partial charge on any atom is -0.304 e. The van der Waals surface area contributed by atoms with Crippen molar-refractivity contribution >= 4 is 11.3 Å². The van der Waals surface area contributed by atoms with Gasteiger partial charge in [-0.25, -0.2) is 4.39 Å². The Balaban J connectivity index is 2.05. The van der Waals surface area contributed by atoms with Crippen LogP contribution in [0.1, 0.15) is 39.7 Å². The monoisotopic (exact) mass is 279 g/mol. The van der Waals surface area contributed by atoms with Gasteiger partial charge < -0.3 is 5.32 Å². The maximum Gasteiger partial charge on any atom is 0.131 e. The highest BCUT2D eigenvalue weighted by molar-refractivity contribution is 7.11. The SMILES string of the molecule is Cc1nnc(CN[C@H](C)c2cc(C)c(F)c(C)c2)s1. The molecule has 0 unspecified atom stereocenters. The summed E-state index contributed by atoms with van der Waals surface area (Å²) in [5, 5.41) is 13.4. The zero-order chi connectivity index (χ0) is 14.0. The van der Waals surface area contributed by atoms with E-state index in [1.165, 1.54) is 0 Å². The van der Waals surface area contributed by atoms with Gasteiger partial charge in [0.2, 0.25) is 0 Å². The van der Waals surface area contributed by atoms with Crippen molar-refractivity contribution in [1.29, 1.82) is 0 Å². The fraction of sp³-hybridized carbons (Fsp3) is 0.429. The molecule has 0 spiro atoms. The van der Waals surface area contributed by atoms with Crippen LogP contribution in [0.15, 0.2) is 12.1 Å². The normalized spacial score (nSPS) is 12.7. The average molecular weight is 279 g/mol. The number of halogens is 1. The van der Waals surface area contributed by atoms with Gasteiger partial charge in [0.1, 0.15) is 15.8 Å². The van der Waals surface area contributed by atoms with E-state index in [0.717, 1.165) is 15.6 Å². The van der Waals surface area contributed by atoms with Crippen LogP contribution in [0.2, 0.25) is 0 Å². The Morgan fingerprint density at radius 1 is 1.21 bits per heavy atom. The van der Waals surface area contributed by atoms with Gasteiger partial charge in [-0.2, -0.15) is 0 Å². The summed E-state index contributed by atoms with van der Waals surface area (Å²) >= 11 is 1.59. The van der Waals surface area contributed by atoms with Gasteiger partial charge in [0, 0.05) is 6.04 Å². The first-order valence-electron chi connectivity index (χ1n) is 6.26. The van der Waals surface area contributed by atoms with E-state index in [1.807, 2.05) is 19.1 Å². The summed E-state index contributed by atoms with van der Waals surface area (Å²) < 4.78 is 13.6. The number of nitrogens with zero attached hydrogens (tertiary/aromatic N) is 2.